The normalized spacial score (nSPS) is 13.5. The predicted octanol–water partition coefficient (Wildman–Crippen LogP) is 15.5. The molecule has 1 aliphatic carbocycles. The van der Waals surface area contributed by atoms with Crippen LogP contribution in [-0.4, -0.2) is 0 Å². The fourth-order valence-electron chi connectivity index (χ4n) is 6.98. The van der Waals surface area contributed by atoms with Gasteiger partial charge in [-0.3, -0.25) is 0 Å². The first-order chi connectivity index (χ1) is 20.3. The molecule has 0 bridgehead atoms. The van der Waals surface area contributed by atoms with Gasteiger partial charge in [-0.15, -0.1) is 0 Å². The molecule has 1 rings (SSSR count). The molecule has 0 radical (unpaired) electrons. The van der Waals surface area contributed by atoms with Gasteiger partial charge in [0.25, 0.3) is 0 Å². The number of hydrogen-bond donors (Lipinski definition) is 0. The van der Waals surface area contributed by atoms with E-state index in [1.54, 1.807) is 5.57 Å². The average Bonchev–Trinajstić information content (AvgIpc) is 3.37. The summed E-state index contributed by atoms with van der Waals surface area (Å²) in [6, 6.07) is 0. The highest BCUT2D eigenvalue weighted by atomic mass is 14.2. The first-order valence-electron chi connectivity index (χ1n) is 19.7. The van der Waals surface area contributed by atoms with Crippen molar-refractivity contribution in [3.8, 4) is 0 Å². The molecule has 0 N–H and O–H groups in total. The molecule has 0 unspecified atom stereocenters. The molecule has 0 aliphatic heterocycles. The summed E-state index contributed by atoms with van der Waals surface area (Å²) in [6.45, 7) is 6.96. The number of hydrogen-bond acceptors (Lipinski definition) is 0. The summed E-state index contributed by atoms with van der Waals surface area (Å²) in [6.07, 6.45) is 51.6. The van der Waals surface area contributed by atoms with E-state index in [-0.39, 0.29) is 0 Å². The highest BCUT2D eigenvalue weighted by Crippen LogP contribution is 2.36. The summed E-state index contributed by atoms with van der Waals surface area (Å²) in [5.74, 6) is 0. The Morgan fingerprint density at radius 1 is 0.341 bits per heavy atom. The first-order valence-corrected chi connectivity index (χ1v) is 19.7. The monoisotopic (exact) mass is 571 g/mol. The maximum absolute atomic E-state index is 2.66. The van der Waals surface area contributed by atoms with Crippen molar-refractivity contribution in [2.75, 3.05) is 0 Å². The average molecular weight is 571 g/mol. The summed E-state index contributed by atoms with van der Waals surface area (Å²) in [4.78, 5) is 0. The minimum atomic E-state index is 1.29. The predicted molar refractivity (Wildman–Crippen MR) is 189 cm³/mol. The van der Waals surface area contributed by atoms with E-state index >= 15 is 0 Å². The van der Waals surface area contributed by atoms with Crippen molar-refractivity contribution in [1.82, 2.24) is 0 Å². The quantitative estimate of drug-likeness (QED) is 0.0688. The Kier molecular flexibility index (Phi) is 29.0. The fourth-order valence-corrected chi connectivity index (χ4v) is 6.98. The zero-order chi connectivity index (χ0) is 29.5. The molecular formula is C41H78. The zero-order valence-electron chi connectivity index (χ0n) is 29.1. The van der Waals surface area contributed by atoms with Gasteiger partial charge in [-0.25, -0.2) is 0 Å². The molecule has 0 saturated carbocycles. The van der Waals surface area contributed by atoms with Crippen molar-refractivity contribution in [3.05, 3.63) is 22.8 Å². The standard InChI is InChI=1S/C41H78/c1-4-7-10-13-16-19-22-25-28-31-34-39-37-38-40(35-32-29-26-23-20-17-14-11-8-5-2)41(39)36-33-30-27-24-21-18-15-12-9-6-3/h37H,4-36,38H2,1-3H3. The van der Waals surface area contributed by atoms with Crippen LogP contribution >= 0.6 is 0 Å². The SMILES string of the molecule is CCCCCCCCCCCCC1=CCC(CCCCCCCCCCCC)=C1CCCCCCCCCCCC. The van der Waals surface area contributed by atoms with Crippen LogP contribution in [0.15, 0.2) is 22.8 Å². The van der Waals surface area contributed by atoms with E-state index in [1.807, 2.05) is 11.1 Å². The third-order valence-electron chi connectivity index (χ3n) is 9.82. The lowest BCUT2D eigenvalue weighted by Gasteiger charge is -2.13. The van der Waals surface area contributed by atoms with Crippen LogP contribution in [0.25, 0.3) is 0 Å². The molecule has 0 fully saturated rings. The fraction of sp³-hybridized carbons (Fsp3) is 0.902. The highest BCUT2D eigenvalue weighted by molar-refractivity contribution is 5.42. The van der Waals surface area contributed by atoms with E-state index < -0.39 is 0 Å². The third kappa shape index (κ3) is 23.6. The second-order valence-corrected chi connectivity index (χ2v) is 13.8. The number of unbranched alkanes of at least 4 members (excludes halogenated alkanes) is 27. The van der Waals surface area contributed by atoms with Gasteiger partial charge >= 0.3 is 0 Å². The number of allylic oxidation sites excluding steroid dienone is 4. The molecule has 242 valence electrons. The van der Waals surface area contributed by atoms with Gasteiger partial charge in [-0.1, -0.05) is 206 Å². The third-order valence-corrected chi connectivity index (χ3v) is 9.82. The molecule has 0 heterocycles. The summed E-state index contributed by atoms with van der Waals surface area (Å²) in [5, 5.41) is 0. The topological polar surface area (TPSA) is 0 Å². The Morgan fingerprint density at radius 2 is 0.634 bits per heavy atom. The Labute approximate surface area is 261 Å². The van der Waals surface area contributed by atoms with Gasteiger partial charge in [0.1, 0.15) is 0 Å². The van der Waals surface area contributed by atoms with Crippen LogP contribution < -0.4 is 0 Å². The van der Waals surface area contributed by atoms with Gasteiger partial charge in [0, 0.05) is 0 Å². The van der Waals surface area contributed by atoms with Crippen LogP contribution in [0.4, 0.5) is 0 Å². The van der Waals surface area contributed by atoms with Crippen LogP contribution in [0.1, 0.15) is 239 Å². The molecule has 0 aromatic carbocycles. The highest BCUT2D eigenvalue weighted by Gasteiger charge is 2.17. The molecule has 0 amide bonds. The van der Waals surface area contributed by atoms with Crippen LogP contribution in [0, 0.1) is 0 Å². The molecular weight excluding hydrogens is 492 g/mol. The minimum Gasteiger partial charge on any atom is -0.0770 e. The van der Waals surface area contributed by atoms with Gasteiger partial charge < -0.3 is 0 Å². The van der Waals surface area contributed by atoms with Crippen molar-refractivity contribution in [2.45, 2.75) is 239 Å². The van der Waals surface area contributed by atoms with E-state index in [0.717, 1.165) is 0 Å². The Balaban J connectivity index is 2.30. The van der Waals surface area contributed by atoms with Gasteiger partial charge in [-0.05, 0) is 56.1 Å². The van der Waals surface area contributed by atoms with Gasteiger partial charge in [-0.2, -0.15) is 0 Å². The Morgan fingerprint density at radius 3 is 1.00 bits per heavy atom. The van der Waals surface area contributed by atoms with Crippen LogP contribution in [0.3, 0.4) is 0 Å². The van der Waals surface area contributed by atoms with Crippen molar-refractivity contribution >= 4 is 0 Å². The van der Waals surface area contributed by atoms with Gasteiger partial charge in [0.2, 0.25) is 0 Å². The molecule has 0 spiro atoms. The molecule has 0 nitrogen and oxygen atoms in total. The Hall–Kier alpha value is -0.520. The summed E-state index contributed by atoms with van der Waals surface area (Å²) in [7, 11) is 0. The van der Waals surface area contributed by atoms with Crippen LogP contribution in [-0.2, 0) is 0 Å². The van der Waals surface area contributed by atoms with Gasteiger partial charge in [0.15, 0.2) is 0 Å². The van der Waals surface area contributed by atoms with Crippen molar-refractivity contribution in [3.63, 3.8) is 0 Å². The molecule has 0 aromatic rings. The van der Waals surface area contributed by atoms with Gasteiger partial charge in [0.05, 0.1) is 0 Å². The molecule has 0 saturated heterocycles. The Bertz CT molecular complexity index is 593. The second kappa shape index (κ2) is 30.9. The molecule has 1 aliphatic rings. The van der Waals surface area contributed by atoms with E-state index in [9.17, 15) is 0 Å². The molecule has 0 atom stereocenters. The molecule has 41 heavy (non-hydrogen) atoms. The summed E-state index contributed by atoms with van der Waals surface area (Å²) >= 11 is 0. The maximum atomic E-state index is 2.66. The lowest BCUT2D eigenvalue weighted by molar-refractivity contribution is 0.551. The van der Waals surface area contributed by atoms with Crippen LogP contribution in [0.5, 0.6) is 0 Å². The van der Waals surface area contributed by atoms with Crippen molar-refractivity contribution < 1.29 is 0 Å². The summed E-state index contributed by atoms with van der Waals surface area (Å²) < 4.78 is 0. The lowest BCUT2D eigenvalue weighted by atomic mass is 9.92. The first kappa shape index (κ1) is 38.5. The van der Waals surface area contributed by atoms with E-state index in [2.05, 4.69) is 26.8 Å². The van der Waals surface area contributed by atoms with Crippen LogP contribution in [0.2, 0.25) is 0 Å². The molecule has 0 aromatic heterocycles. The number of rotatable bonds is 33. The zero-order valence-corrected chi connectivity index (χ0v) is 29.1. The van der Waals surface area contributed by atoms with Crippen molar-refractivity contribution in [2.24, 2.45) is 0 Å². The van der Waals surface area contributed by atoms with E-state index in [0.29, 0.717) is 0 Å². The summed E-state index contributed by atoms with van der Waals surface area (Å²) in [5.41, 5.74) is 5.47. The van der Waals surface area contributed by atoms with E-state index in [4.69, 9.17) is 0 Å². The largest absolute Gasteiger partial charge is 0.0770 e. The minimum absolute atomic E-state index is 1.29. The van der Waals surface area contributed by atoms with Crippen molar-refractivity contribution in [1.29, 1.82) is 0 Å². The maximum Gasteiger partial charge on any atom is -0.0127 e. The van der Waals surface area contributed by atoms with E-state index in [1.165, 1.54) is 218 Å². The smallest absolute Gasteiger partial charge is 0.0127 e. The second-order valence-electron chi connectivity index (χ2n) is 13.8. The molecule has 0 heteroatoms. The lowest BCUT2D eigenvalue weighted by Crippen LogP contribution is -1.94.